The van der Waals surface area contributed by atoms with Crippen molar-refractivity contribution in [1.82, 2.24) is 5.32 Å². The zero-order valence-corrected chi connectivity index (χ0v) is 14.1. The fourth-order valence-corrected chi connectivity index (χ4v) is 3.19. The van der Waals surface area contributed by atoms with E-state index in [0.717, 1.165) is 28.3 Å². The minimum absolute atomic E-state index is 0.261. The number of benzene rings is 2. The largest absolute Gasteiger partial charge is 0.493 e. The number of hydrogen-bond acceptors (Lipinski definition) is 2. The van der Waals surface area contributed by atoms with E-state index in [-0.39, 0.29) is 6.04 Å². The topological polar surface area (TPSA) is 21.3 Å². The van der Waals surface area contributed by atoms with Crippen LogP contribution in [0.5, 0.6) is 5.75 Å². The summed E-state index contributed by atoms with van der Waals surface area (Å²) in [4.78, 5) is 0. The van der Waals surface area contributed by atoms with Gasteiger partial charge in [0.05, 0.1) is 6.61 Å². The number of halogens is 2. The van der Waals surface area contributed by atoms with Crippen LogP contribution < -0.4 is 10.1 Å². The number of nitrogens with one attached hydrogen (secondary N) is 1. The zero-order valence-electron chi connectivity index (χ0n) is 11.8. The van der Waals surface area contributed by atoms with E-state index in [1.54, 1.807) is 0 Å². The predicted octanol–water partition coefficient (Wildman–Crippen LogP) is 5.28. The van der Waals surface area contributed by atoms with E-state index < -0.39 is 0 Å². The van der Waals surface area contributed by atoms with Crippen LogP contribution in [-0.2, 0) is 0 Å². The van der Waals surface area contributed by atoms with E-state index >= 15 is 0 Å². The molecular formula is C17H17BrClNO. The number of ether oxygens (including phenoxy) is 1. The monoisotopic (exact) mass is 365 g/mol. The molecule has 0 bridgehead atoms. The Kier molecular flexibility index (Phi) is 4.53. The molecule has 3 rings (SSSR count). The van der Waals surface area contributed by atoms with Crippen molar-refractivity contribution in [1.29, 1.82) is 0 Å². The van der Waals surface area contributed by atoms with Crippen LogP contribution >= 0.6 is 27.5 Å². The first-order chi connectivity index (χ1) is 10.1. The molecule has 1 N–H and O–H groups in total. The van der Waals surface area contributed by atoms with E-state index in [2.05, 4.69) is 46.4 Å². The van der Waals surface area contributed by atoms with Crippen LogP contribution in [0.4, 0.5) is 0 Å². The van der Waals surface area contributed by atoms with Gasteiger partial charge in [0, 0.05) is 33.6 Å². The van der Waals surface area contributed by atoms with Gasteiger partial charge in [-0.15, -0.1) is 0 Å². The summed E-state index contributed by atoms with van der Waals surface area (Å²) in [5.41, 5.74) is 2.46. The van der Waals surface area contributed by atoms with E-state index in [9.17, 15) is 0 Å². The molecule has 4 heteroatoms. The second kappa shape index (κ2) is 6.39. The van der Waals surface area contributed by atoms with Crippen LogP contribution in [0.3, 0.4) is 0 Å². The first kappa shape index (κ1) is 14.9. The number of hydrogen-bond donors (Lipinski definition) is 1. The van der Waals surface area contributed by atoms with E-state index in [1.807, 2.05) is 24.3 Å². The Balaban J connectivity index is 1.80. The third-order valence-corrected chi connectivity index (χ3v) is 4.58. The molecule has 0 fully saturated rings. The van der Waals surface area contributed by atoms with Crippen LogP contribution in [0, 0.1) is 0 Å². The van der Waals surface area contributed by atoms with Crippen LogP contribution in [0.1, 0.15) is 36.6 Å². The molecule has 0 aliphatic carbocycles. The van der Waals surface area contributed by atoms with Gasteiger partial charge < -0.3 is 10.1 Å². The summed E-state index contributed by atoms with van der Waals surface area (Å²) in [6.07, 6.45) is 0.974. The molecular weight excluding hydrogens is 350 g/mol. The molecule has 2 atom stereocenters. The molecule has 0 amide bonds. The normalized spacial score (nSPS) is 18.7. The zero-order chi connectivity index (χ0) is 14.8. The van der Waals surface area contributed by atoms with Gasteiger partial charge in [-0.1, -0.05) is 39.7 Å². The minimum atomic E-state index is 0.261. The molecule has 0 aromatic heterocycles. The van der Waals surface area contributed by atoms with Crippen LogP contribution in [-0.4, -0.2) is 6.61 Å². The van der Waals surface area contributed by atoms with Gasteiger partial charge in [0.2, 0.25) is 0 Å². The highest BCUT2D eigenvalue weighted by atomic mass is 79.9. The third kappa shape index (κ3) is 3.42. The van der Waals surface area contributed by atoms with Crippen LogP contribution in [0.15, 0.2) is 46.9 Å². The summed E-state index contributed by atoms with van der Waals surface area (Å²) < 4.78 is 6.81. The van der Waals surface area contributed by atoms with Gasteiger partial charge >= 0.3 is 0 Å². The minimum Gasteiger partial charge on any atom is -0.493 e. The lowest BCUT2D eigenvalue weighted by Crippen LogP contribution is -2.29. The molecule has 21 heavy (non-hydrogen) atoms. The summed E-state index contributed by atoms with van der Waals surface area (Å²) in [5.74, 6) is 0.977. The number of fused-ring (bicyclic) bond motifs is 1. The smallest absolute Gasteiger partial charge is 0.124 e. The standard InChI is InChI=1S/C17H17BrClNO/c1-11(12-2-5-14(19)6-3-12)20-16-8-9-21-17-7-4-13(18)10-15(16)17/h2-7,10-11,16,20H,8-9H2,1H3/t11-,16?/m1/s1. The molecule has 0 spiro atoms. The van der Waals surface area contributed by atoms with Crippen molar-refractivity contribution in [2.24, 2.45) is 0 Å². The van der Waals surface area contributed by atoms with Crippen molar-refractivity contribution in [3.8, 4) is 5.75 Å². The fraction of sp³-hybridized carbons (Fsp3) is 0.294. The Morgan fingerprint density at radius 3 is 2.76 bits per heavy atom. The van der Waals surface area contributed by atoms with Gasteiger partial charge in [0.25, 0.3) is 0 Å². The molecule has 0 saturated carbocycles. The highest BCUT2D eigenvalue weighted by Gasteiger charge is 2.23. The molecule has 2 aromatic rings. The average molecular weight is 367 g/mol. The molecule has 1 unspecified atom stereocenters. The third-order valence-electron chi connectivity index (χ3n) is 3.83. The highest BCUT2D eigenvalue weighted by molar-refractivity contribution is 9.10. The van der Waals surface area contributed by atoms with Crippen LogP contribution in [0.2, 0.25) is 5.02 Å². The van der Waals surface area contributed by atoms with Gasteiger partial charge in [-0.25, -0.2) is 0 Å². The van der Waals surface area contributed by atoms with Crippen molar-refractivity contribution < 1.29 is 4.74 Å². The summed E-state index contributed by atoms with van der Waals surface area (Å²) in [6.45, 7) is 2.93. The first-order valence-electron chi connectivity index (χ1n) is 7.07. The Morgan fingerprint density at radius 2 is 2.00 bits per heavy atom. The lowest BCUT2D eigenvalue weighted by atomic mass is 9.98. The second-order valence-electron chi connectivity index (χ2n) is 5.31. The summed E-state index contributed by atoms with van der Waals surface area (Å²) in [7, 11) is 0. The summed E-state index contributed by atoms with van der Waals surface area (Å²) in [5, 5.41) is 4.46. The predicted molar refractivity (Wildman–Crippen MR) is 90.0 cm³/mol. The molecule has 1 heterocycles. The molecule has 0 radical (unpaired) electrons. The van der Waals surface area contributed by atoms with E-state index in [4.69, 9.17) is 16.3 Å². The molecule has 0 saturated heterocycles. The Morgan fingerprint density at radius 1 is 1.24 bits per heavy atom. The maximum absolute atomic E-state index is 5.95. The lowest BCUT2D eigenvalue weighted by Gasteiger charge is -2.29. The van der Waals surface area contributed by atoms with Crippen LogP contribution in [0.25, 0.3) is 0 Å². The maximum atomic E-state index is 5.95. The highest BCUT2D eigenvalue weighted by Crippen LogP contribution is 2.35. The second-order valence-corrected chi connectivity index (χ2v) is 6.66. The van der Waals surface area contributed by atoms with Gasteiger partial charge in [0.1, 0.15) is 5.75 Å². The summed E-state index contributed by atoms with van der Waals surface area (Å²) in [6, 6.07) is 14.8. The summed E-state index contributed by atoms with van der Waals surface area (Å²) >= 11 is 9.49. The number of rotatable bonds is 3. The molecule has 2 aromatic carbocycles. The van der Waals surface area contributed by atoms with E-state index in [0.29, 0.717) is 6.04 Å². The van der Waals surface area contributed by atoms with Crippen molar-refractivity contribution in [3.05, 3.63) is 63.1 Å². The fourth-order valence-electron chi connectivity index (χ4n) is 2.69. The van der Waals surface area contributed by atoms with Crippen molar-refractivity contribution in [2.75, 3.05) is 6.61 Å². The SMILES string of the molecule is C[C@@H](NC1CCOc2ccc(Br)cc21)c1ccc(Cl)cc1. The first-order valence-corrected chi connectivity index (χ1v) is 8.24. The molecule has 1 aliphatic rings. The molecule has 2 nitrogen and oxygen atoms in total. The Hall–Kier alpha value is -1.03. The Bertz CT molecular complexity index is 629. The quantitative estimate of drug-likeness (QED) is 0.798. The van der Waals surface area contributed by atoms with Crippen molar-refractivity contribution >= 4 is 27.5 Å². The maximum Gasteiger partial charge on any atom is 0.124 e. The van der Waals surface area contributed by atoms with Crippen molar-refractivity contribution in [2.45, 2.75) is 25.4 Å². The Labute approximate surface area is 138 Å². The van der Waals surface area contributed by atoms with Gasteiger partial charge in [-0.2, -0.15) is 0 Å². The van der Waals surface area contributed by atoms with Gasteiger partial charge in [0.15, 0.2) is 0 Å². The van der Waals surface area contributed by atoms with Gasteiger partial charge in [-0.05, 0) is 42.8 Å². The lowest BCUT2D eigenvalue weighted by molar-refractivity contribution is 0.246. The van der Waals surface area contributed by atoms with Gasteiger partial charge in [-0.3, -0.25) is 0 Å². The van der Waals surface area contributed by atoms with E-state index in [1.165, 1.54) is 11.1 Å². The van der Waals surface area contributed by atoms with Crippen molar-refractivity contribution in [3.63, 3.8) is 0 Å². The average Bonchev–Trinajstić information content (AvgIpc) is 2.48. The molecule has 1 aliphatic heterocycles. The molecule has 110 valence electrons.